The van der Waals surface area contributed by atoms with Crippen molar-refractivity contribution in [2.75, 3.05) is 5.32 Å². The summed E-state index contributed by atoms with van der Waals surface area (Å²) in [5, 5.41) is 6.91. The van der Waals surface area contributed by atoms with Crippen molar-refractivity contribution in [1.29, 1.82) is 0 Å². The predicted molar refractivity (Wildman–Crippen MR) is 159 cm³/mol. The lowest BCUT2D eigenvalue weighted by molar-refractivity contribution is 0.109. The van der Waals surface area contributed by atoms with Gasteiger partial charge in [-0.3, -0.25) is 10.0 Å². The summed E-state index contributed by atoms with van der Waals surface area (Å²) in [5.41, 5.74) is 1.60. The molecule has 1 heterocycles. The van der Waals surface area contributed by atoms with Crippen LogP contribution in [0.3, 0.4) is 0 Å². The van der Waals surface area contributed by atoms with Gasteiger partial charge < -0.3 is 14.8 Å². The average molecular weight is 628 g/mol. The first-order valence-electron chi connectivity index (χ1n) is 13.0. The van der Waals surface area contributed by atoms with Gasteiger partial charge in [0.25, 0.3) is 0 Å². The quantitative estimate of drug-likeness (QED) is 0.254. The Labute approximate surface area is 242 Å². The smallest absolute Gasteiger partial charge is 0.411 e. The number of rotatable bonds is 8. The monoisotopic (exact) mass is 626 g/mol. The molecule has 1 aliphatic carbocycles. The van der Waals surface area contributed by atoms with Crippen molar-refractivity contribution in [3.63, 3.8) is 0 Å². The van der Waals surface area contributed by atoms with Gasteiger partial charge in [0.05, 0.1) is 22.1 Å². The topological polar surface area (TPSA) is 102 Å². The van der Waals surface area contributed by atoms with Crippen LogP contribution in [-0.2, 0) is 9.47 Å². The lowest BCUT2D eigenvalue weighted by Gasteiger charge is -2.28. The molecule has 8 nitrogen and oxygen atoms in total. The van der Waals surface area contributed by atoms with E-state index in [0.717, 1.165) is 50.6 Å². The van der Waals surface area contributed by atoms with Crippen molar-refractivity contribution in [3.05, 3.63) is 27.8 Å². The molecule has 3 N–H and O–H groups in total. The predicted octanol–water partition coefficient (Wildman–Crippen LogP) is 8.09. The van der Waals surface area contributed by atoms with E-state index in [1.807, 2.05) is 45.9 Å². The number of anilines is 1. The number of halogens is 1. The Morgan fingerprint density at radius 2 is 1.68 bits per heavy atom. The zero-order chi connectivity index (χ0) is 28.0. The van der Waals surface area contributed by atoms with Crippen LogP contribution in [0.5, 0.6) is 0 Å². The number of carbonyl (C=O) groups is 2. The first-order chi connectivity index (χ1) is 17.8. The van der Waals surface area contributed by atoms with E-state index in [2.05, 4.69) is 52.1 Å². The molecule has 210 valence electrons. The summed E-state index contributed by atoms with van der Waals surface area (Å²) in [7, 11) is 0. The summed E-state index contributed by atoms with van der Waals surface area (Å²) >= 11 is 6.93. The number of alkyl carbamates (subject to hydrolysis) is 1. The number of hydrogen-bond acceptors (Lipinski definition) is 8. The number of aromatic nitrogens is 1. The first kappa shape index (κ1) is 30.7. The van der Waals surface area contributed by atoms with Crippen LogP contribution in [0.1, 0.15) is 85.1 Å². The normalized spacial score (nSPS) is 17.9. The van der Waals surface area contributed by atoms with E-state index < -0.39 is 6.09 Å². The number of ether oxygens (including phenoxy) is 2. The van der Waals surface area contributed by atoms with Gasteiger partial charge in [-0.2, -0.15) is 0 Å². The maximum atomic E-state index is 12.2. The summed E-state index contributed by atoms with van der Waals surface area (Å²) in [6.07, 6.45) is 2.57. The van der Waals surface area contributed by atoms with E-state index in [9.17, 15) is 9.59 Å². The fraction of sp³-hybridized carbons (Fsp3) is 0.593. The molecule has 0 spiro atoms. The maximum Gasteiger partial charge on any atom is 0.411 e. The molecule has 0 radical (unpaired) electrons. The van der Waals surface area contributed by atoms with Crippen molar-refractivity contribution in [2.45, 2.75) is 109 Å². The molecule has 2 amide bonds. The highest BCUT2D eigenvalue weighted by Gasteiger charge is 2.28. The average Bonchev–Trinajstić information content (AvgIpc) is 3.18. The highest BCUT2D eigenvalue weighted by atomic mass is 79.9. The standard InChI is InChI=1S/C27H39BrN4O4S2/c1-15(2)35-25(33)29-18-10-8-17(9-11-18)24-31-23(28)22(37-24)20-13-12-19(30-26(34)36-16(3)4)14-21(20)38-32-27(5,6)7/h12-18,32H,8-11H2,1-7H3,(H,29,33)(H,30,34). The third kappa shape index (κ3) is 9.43. The Morgan fingerprint density at radius 1 is 1.05 bits per heavy atom. The fourth-order valence-electron chi connectivity index (χ4n) is 4.00. The molecule has 0 bridgehead atoms. The summed E-state index contributed by atoms with van der Waals surface area (Å²) < 4.78 is 14.8. The van der Waals surface area contributed by atoms with Gasteiger partial charge in [0.2, 0.25) is 0 Å². The Kier molecular flexibility index (Phi) is 10.9. The molecule has 1 aliphatic rings. The molecule has 1 saturated carbocycles. The highest BCUT2D eigenvalue weighted by molar-refractivity contribution is 9.10. The SMILES string of the molecule is CC(C)OC(=O)Nc1ccc(-c2sc(C3CCC(NC(=O)OC(C)C)CC3)nc2Br)c(SNC(C)(C)C)c1. The van der Waals surface area contributed by atoms with Crippen LogP contribution in [0, 0.1) is 0 Å². The molecule has 0 unspecified atom stereocenters. The van der Waals surface area contributed by atoms with E-state index in [1.165, 1.54) is 11.9 Å². The molecule has 2 aromatic rings. The summed E-state index contributed by atoms with van der Waals surface area (Å²) in [5.74, 6) is 0.347. The molecule has 1 aromatic carbocycles. The van der Waals surface area contributed by atoms with Crippen LogP contribution in [-0.4, -0.2) is 41.0 Å². The molecule has 1 fully saturated rings. The minimum Gasteiger partial charge on any atom is -0.447 e. The number of amides is 2. The third-order valence-electron chi connectivity index (χ3n) is 5.63. The third-order valence-corrected chi connectivity index (χ3v) is 8.99. The molecule has 1 aromatic heterocycles. The van der Waals surface area contributed by atoms with E-state index in [0.29, 0.717) is 11.6 Å². The molecule has 0 aliphatic heterocycles. The van der Waals surface area contributed by atoms with Crippen LogP contribution in [0.4, 0.5) is 15.3 Å². The molecule has 38 heavy (non-hydrogen) atoms. The van der Waals surface area contributed by atoms with E-state index >= 15 is 0 Å². The Hall–Kier alpha value is -1.82. The fourth-order valence-corrected chi connectivity index (χ4v) is 6.88. The second-order valence-corrected chi connectivity index (χ2v) is 13.7. The van der Waals surface area contributed by atoms with Gasteiger partial charge in [-0.25, -0.2) is 14.6 Å². The van der Waals surface area contributed by atoms with Crippen molar-refractivity contribution < 1.29 is 19.1 Å². The van der Waals surface area contributed by atoms with Gasteiger partial charge in [-0.05, 0) is 114 Å². The maximum absolute atomic E-state index is 12.2. The van der Waals surface area contributed by atoms with Crippen molar-refractivity contribution >= 4 is 57.1 Å². The number of thiazole rings is 1. The summed E-state index contributed by atoms with van der Waals surface area (Å²) in [4.78, 5) is 31.1. The number of nitrogens with one attached hydrogen (secondary N) is 3. The number of carbonyl (C=O) groups excluding carboxylic acids is 2. The van der Waals surface area contributed by atoms with Crippen LogP contribution in [0.15, 0.2) is 27.7 Å². The van der Waals surface area contributed by atoms with Crippen molar-refractivity contribution in [2.24, 2.45) is 0 Å². The first-order valence-corrected chi connectivity index (χ1v) is 15.4. The largest absolute Gasteiger partial charge is 0.447 e. The Balaban J connectivity index is 1.77. The zero-order valence-electron chi connectivity index (χ0n) is 23.1. The molecule has 0 saturated heterocycles. The number of hydrogen-bond donors (Lipinski definition) is 3. The molecular formula is C27H39BrN4O4S2. The van der Waals surface area contributed by atoms with E-state index in [1.54, 1.807) is 11.3 Å². The lowest BCUT2D eigenvalue weighted by Crippen LogP contribution is -2.38. The van der Waals surface area contributed by atoms with E-state index in [4.69, 9.17) is 14.5 Å². The van der Waals surface area contributed by atoms with Gasteiger partial charge in [-0.1, -0.05) is 6.07 Å². The minimum absolute atomic E-state index is 0.105. The van der Waals surface area contributed by atoms with Crippen LogP contribution in [0.25, 0.3) is 10.4 Å². The van der Waals surface area contributed by atoms with Crippen LogP contribution >= 0.6 is 39.2 Å². The van der Waals surface area contributed by atoms with Gasteiger partial charge >= 0.3 is 12.2 Å². The number of benzene rings is 1. The van der Waals surface area contributed by atoms with Crippen molar-refractivity contribution in [1.82, 2.24) is 15.0 Å². The highest BCUT2D eigenvalue weighted by Crippen LogP contribution is 2.44. The molecule has 0 atom stereocenters. The van der Waals surface area contributed by atoms with Crippen LogP contribution in [0.2, 0.25) is 0 Å². The second-order valence-electron chi connectivity index (χ2n) is 11.1. The van der Waals surface area contributed by atoms with Gasteiger partial charge in [0.1, 0.15) is 4.60 Å². The van der Waals surface area contributed by atoms with Crippen molar-refractivity contribution in [3.8, 4) is 10.4 Å². The second kappa shape index (κ2) is 13.5. The van der Waals surface area contributed by atoms with Gasteiger partial charge in [-0.15, -0.1) is 11.3 Å². The van der Waals surface area contributed by atoms with Gasteiger partial charge in [0.15, 0.2) is 0 Å². The molecular weight excluding hydrogens is 588 g/mol. The minimum atomic E-state index is -0.476. The van der Waals surface area contributed by atoms with Gasteiger partial charge in [0, 0.05) is 33.6 Å². The Bertz CT molecular complexity index is 1110. The molecule has 11 heteroatoms. The number of nitrogens with zero attached hydrogens (tertiary/aromatic N) is 1. The summed E-state index contributed by atoms with van der Waals surface area (Å²) in [6, 6.07) is 5.99. The summed E-state index contributed by atoms with van der Waals surface area (Å²) in [6.45, 7) is 13.7. The Morgan fingerprint density at radius 3 is 2.29 bits per heavy atom. The van der Waals surface area contributed by atoms with E-state index in [-0.39, 0.29) is 29.9 Å². The zero-order valence-corrected chi connectivity index (χ0v) is 26.4. The van der Waals surface area contributed by atoms with Crippen LogP contribution < -0.4 is 15.4 Å². The molecule has 3 rings (SSSR count). The lowest BCUT2D eigenvalue weighted by atomic mass is 9.86.